The van der Waals surface area contributed by atoms with Crippen LogP contribution in [0, 0.1) is 0 Å². The van der Waals surface area contributed by atoms with Gasteiger partial charge in [-0.3, -0.25) is 0 Å². The van der Waals surface area contributed by atoms with Crippen molar-refractivity contribution >= 4 is 54.0 Å². The molecule has 53 heavy (non-hydrogen) atoms. The SMILES string of the molecule is C[Si]1(C)c2ccccc2Oc2c(N(c3ccc(-c4cccc5c4Oc4ccccc4O5)cc3)c3cccc4c3Oc3ccccc3[Si]4(C)C)cccc21. The maximum absolute atomic E-state index is 6.92. The normalized spacial score (nSPS) is 14.9. The molecule has 7 heteroatoms. The van der Waals surface area contributed by atoms with Gasteiger partial charge in [0.2, 0.25) is 0 Å². The fourth-order valence-electron chi connectivity index (χ4n) is 8.23. The Kier molecular flexibility index (Phi) is 7.02. The van der Waals surface area contributed by atoms with Gasteiger partial charge in [-0.05, 0) is 80.9 Å². The van der Waals surface area contributed by atoms with E-state index in [0.717, 1.165) is 51.2 Å². The Bertz CT molecular complexity index is 2490. The molecule has 0 spiro atoms. The molecule has 0 fully saturated rings. The second kappa shape index (κ2) is 11.7. The van der Waals surface area contributed by atoms with Gasteiger partial charge in [0, 0.05) is 11.3 Å². The Morgan fingerprint density at radius 1 is 0.358 bits per heavy atom. The van der Waals surface area contributed by atoms with Crippen molar-refractivity contribution in [2.75, 3.05) is 4.90 Å². The van der Waals surface area contributed by atoms with Gasteiger partial charge in [-0.2, -0.15) is 0 Å². The molecule has 0 aliphatic carbocycles. The maximum Gasteiger partial charge on any atom is 0.177 e. The van der Waals surface area contributed by atoms with E-state index in [1.165, 1.54) is 20.7 Å². The second-order valence-corrected chi connectivity index (χ2v) is 23.6. The van der Waals surface area contributed by atoms with E-state index < -0.39 is 16.1 Å². The van der Waals surface area contributed by atoms with Crippen LogP contribution in [0.15, 0.2) is 152 Å². The number of fused-ring (bicyclic) bond motifs is 6. The molecule has 0 N–H and O–H groups in total. The minimum absolute atomic E-state index is 0.701. The number of benzene rings is 7. The first-order valence-corrected chi connectivity index (χ1v) is 24.1. The van der Waals surface area contributed by atoms with Gasteiger partial charge in [0.25, 0.3) is 0 Å². The van der Waals surface area contributed by atoms with Crippen molar-refractivity contribution in [3.05, 3.63) is 152 Å². The molecule has 7 aromatic rings. The number of rotatable bonds is 4. The quantitative estimate of drug-likeness (QED) is 0.169. The number of para-hydroxylation sites is 7. The Hall–Kier alpha value is -6.03. The molecule has 0 bridgehead atoms. The van der Waals surface area contributed by atoms with Crippen LogP contribution in [-0.4, -0.2) is 16.1 Å². The van der Waals surface area contributed by atoms with Crippen LogP contribution < -0.4 is 44.6 Å². The predicted molar refractivity (Wildman–Crippen MR) is 220 cm³/mol. The van der Waals surface area contributed by atoms with Crippen LogP contribution in [0.4, 0.5) is 17.1 Å². The summed E-state index contributed by atoms with van der Waals surface area (Å²) in [7, 11) is -4.21. The van der Waals surface area contributed by atoms with Crippen molar-refractivity contribution in [1.82, 2.24) is 0 Å². The molecule has 3 heterocycles. The molecule has 5 nitrogen and oxygen atoms in total. The number of hydrogen-bond donors (Lipinski definition) is 0. The summed E-state index contributed by atoms with van der Waals surface area (Å²) in [5, 5.41) is 5.17. The highest BCUT2D eigenvalue weighted by molar-refractivity contribution is 7.02. The summed E-state index contributed by atoms with van der Waals surface area (Å²) in [4.78, 5) is 2.33. The third-order valence-corrected chi connectivity index (χ3v) is 18.1. The maximum atomic E-state index is 6.92. The highest BCUT2D eigenvalue weighted by Crippen LogP contribution is 2.51. The molecular formula is C46H37NO4Si2. The van der Waals surface area contributed by atoms with E-state index in [-0.39, 0.29) is 0 Å². The average molecular weight is 724 g/mol. The zero-order valence-electron chi connectivity index (χ0n) is 30.0. The van der Waals surface area contributed by atoms with Gasteiger partial charge < -0.3 is 23.8 Å². The molecule has 10 rings (SSSR count). The van der Waals surface area contributed by atoms with Gasteiger partial charge in [0.1, 0.15) is 27.6 Å². The van der Waals surface area contributed by atoms with Crippen molar-refractivity contribution in [3.63, 3.8) is 0 Å². The molecular weight excluding hydrogens is 687 g/mol. The summed E-state index contributed by atoms with van der Waals surface area (Å²) in [5.74, 6) is 6.51. The zero-order chi connectivity index (χ0) is 35.9. The highest BCUT2D eigenvalue weighted by Gasteiger charge is 2.41. The van der Waals surface area contributed by atoms with Crippen LogP contribution in [0.25, 0.3) is 11.1 Å². The first-order chi connectivity index (χ1) is 25.8. The molecule has 0 aromatic heterocycles. The third-order valence-electron chi connectivity index (χ3n) is 11.1. The topological polar surface area (TPSA) is 40.2 Å². The Balaban J connectivity index is 1.15. The van der Waals surface area contributed by atoms with Crippen LogP contribution in [0.3, 0.4) is 0 Å². The van der Waals surface area contributed by atoms with E-state index in [4.69, 9.17) is 18.9 Å². The molecule has 0 saturated carbocycles. The Labute approximate surface area is 311 Å². The predicted octanol–water partition coefficient (Wildman–Crippen LogP) is 10.6. The van der Waals surface area contributed by atoms with E-state index >= 15 is 0 Å². The smallest absolute Gasteiger partial charge is 0.177 e. The lowest BCUT2D eigenvalue weighted by Crippen LogP contribution is -2.56. The van der Waals surface area contributed by atoms with Crippen molar-refractivity contribution in [3.8, 4) is 57.1 Å². The van der Waals surface area contributed by atoms with E-state index in [9.17, 15) is 0 Å². The molecule has 0 atom stereocenters. The fourth-order valence-corrected chi connectivity index (χ4v) is 13.9. The fraction of sp³-hybridized carbons (Fsp3) is 0.0870. The van der Waals surface area contributed by atoms with Crippen molar-refractivity contribution in [1.29, 1.82) is 0 Å². The standard InChI is InChI=1S/C46H37NO4Si2/c1-52(2)40-22-9-7-19-37(40)50-45-33(15-12-24-42(45)52)47(34-16-13-25-43-46(34)51-38-20-8-10-23-41(38)53(43,3)4)31-28-26-30(27-29-31)32-14-11-21-39-44(32)49-36-18-6-5-17-35(36)48-39/h5-29H,1-4H3. The average Bonchev–Trinajstić information content (AvgIpc) is 3.18. The van der Waals surface area contributed by atoms with Crippen LogP contribution >= 0.6 is 0 Å². The van der Waals surface area contributed by atoms with Gasteiger partial charge in [0.05, 0.1) is 11.4 Å². The van der Waals surface area contributed by atoms with Crippen LogP contribution in [0.1, 0.15) is 0 Å². The largest absolute Gasteiger partial charge is 0.455 e. The van der Waals surface area contributed by atoms with Crippen LogP contribution in [-0.2, 0) is 0 Å². The van der Waals surface area contributed by atoms with E-state index in [0.29, 0.717) is 23.0 Å². The molecule has 0 amide bonds. The monoisotopic (exact) mass is 723 g/mol. The Morgan fingerprint density at radius 3 is 1.36 bits per heavy atom. The second-order valence-electron chi connectivity index (χ2n) is 14.9. The number of nitrogens with zero attached hydrogens (tertiary/aromatic N) is 1. The molecule has 0 radical (unpaired) electrons. The summed E-state index contributed by atoms with van der Waals surface area (Å²) < 4.78 is 26.5. The lowest BCUT2D eigenvalue weighted by Gasteiger charge is -2.38. The molecule has 258 valence electrons. The molecule has 0 saturated heterocycles. The van der Waals surface area contributed by atoms with Gasteiger partial charge >= 0.3 is 0 Å². The Morgan fingerprint density at radius 2 is 0.792 bits per heavy atom. The van der Waals surface area contributed by atoms with E-state index in [1.54, 1.807) is 0 Å². The number of ether oxygens (including phenoxy) is 4. The lowest BCUT2D eigenvalue weighted by molar-refractivity contribution is 0.361. The van der Waals surface area contributed by atoms with Crippen molar-refractivity contribution in [2.24, 2.45) is 0 Å². The number of hydrogen-bond acceptors (Lipinski definition) is 5. The minimum Gasteiger partial charge on any atom is -0.455 e. The summed E-state index contributed by atoms with van der Waals surface area (Å²) in [6.45, 7) is 9.66. The molecule has 7 aromatic carbocycles. The number of anilines is 3. The summed E-state index contributed by atoms with van der Waals surface area (Å²) >= 11 is 0. The van der Waals surface area contributed by atoms with Gasteiger partial charge in [-0.1, -0.05) is 123 Å². The summed E-state index contributed by atoms with van der Waals surface area (Å²) in [6.07, 6.45) is 0. The van der Waals surface area contributed by atoms with Gasteiger partial charge in [-0.25, -0.2) is 0 Å². The molecule has 3 aliphatic rings. The molecule has 3 aliphatic heterocycles. The molecule has 0 unspecified atom stereocenters. The van der Waals surface area contributed by atoms with Crippen LogP contribution in [0.5, 0.6) is 46.0 Å². The van der Waals surface area contributed by atoms with Crippen LogP contribution in [0.2, 0.25) is 26.2 Å². The summed E-state index contributed by atoms with van der Waals surface area (Å²) in [6, 6.07) is 52.8. The minimum atomic E-state index is -2.10. The highest BCUT2D eigenvalue weighted by atomic mass is 28.3. The first-order valence-electron chi connectivity index (χ1n) is 18.1. The van der Waals surface area contributed by atoms with E-state index in [1.807, 2.05) is 36.4 Å². The first kappa shape index (κ1) is 31.7. The summed E-state index contributed by atoms with van der Waals surface area (Å²) in [5.41, 5.74) is 4.93. The van der Waals surface area contributed by atoms with Crippen molar-refractivity contribution < 1.29 is 18.9 Å². The zero-order valence-corrected chi connectivity index (χ0v) is 32.0. The van der Waals surface area contributed by atoms with Gasteiger partial charge in [0.15, 0.2) is 34.5 Å². The van der Waals surface area contributed by atoms with Gasteiger partial charge in [-0.15, -0.1) is 0 Å². The van der Waals surface area contributed by atoms with Crippen molar-refractivity contribution in [2.45, 2.75) is 26.2 Å². The van der Waals surface area contributed by atoms with E-state index in [2.05, 4.69) is 146 Å². The third kappa shape index (κ3) is 4.88. The lowest BCUT2D eigenvalue weighted by atomic mass is 10.0.